The molecule has 37 heavy (non-hydrogen) atoms. The lowest BCUT2D eigenvalue weighted by atomic mass is 9.93. The first-order valence-electron chi connectivity index (χ1n) is 12.3. The van der Waals surface area contributed by atoms with Crippen molar-refractivity contribution < 1.29 is 23.6 Å². The number of rotatable bonds is 8. The number of carbonyl (C=O) groups is 2. The van der Waals surface area contributed by atoms with Gasteiger partial charge in [-0.05, 0) is 48.9 Å². The molecule has 4 aromatic rings. The van der Waals surface area contributed by atoms with Crippen LogP contribution in [0.2, 0.25) is 0 Å². The second kappa shape index (κ2) is 10.3. The Labute approximate surface area is 215 Å². The van der Waals surface area contributed by atoms with Gasteiger partial charge in [0.1, 0.15) is 18.0 Å². The van der Waals surface area contributed by atoms with Crippen LogP contribution in [0.4, 0.5) is 10.5 Å². The van der Waals surface area contributed by atoms with Crippen LogP contribution < -0.4 is 5.32 Å². The number of aromatic nitrogens is 1. The molecular weight excluding hydrogens is 468 g/mol. The Morgan fingerprint density at radius 2 is 1.51 bits per heavy atom. The van der Waals surface area contributed by atoms with Crippen LogP contribution >= 0.6 is 0 Å². The molecule has 1 N–H and O–H groups in total. The van der Waals surface area contributed by atoms with E-state index in [4.69, 9.17) is 14.0 Å². The smallest absolute Gasteiger partial charge is 0.412 e. The summed E-state index contributed by atoms with van der Waals surface area (Å²) in [6.07, 6.45) is 1.07. The van der Waals surface area contributed by atoms with E-state index in [-0.39, 0.29) is 12.6 Å². The highest BCUT2D eigenvalue weighted by Crippen LogP contribution is 2.49. The minimum Gasteiger partial charge on any atom is -0.465 e. The normalized spacial score (nSPS) is 13.6. The first kappa shape index (κ1) is 24.3. The Bertz CT molecular complexity index is 1390. The molecular formula is C30H28N2O5. The second-order valence-corrected chi connectivity index (χ2v) is 9.12. The van der Waals surface area contributed by atoms with Gasteiger partial charge in [-0.15, -0.1) is 0 Å². The van der Waals surface area contributed by atoms with Crippen molar-refractivity contribution in [2.75, 3.05) is 11.9 Å². The molecule has 0 saturated heterocycles. The Morgan fingerprint density at radius 3 is 2.14 bits per heavy atom. The first-order valence-corrected chi connectivity index (χ1v) is 12.3. The zero-order valence-electron chi connectivity index (χ0n) is 20.8. The number of carbonyl (C=O) groups excluding carboxylic acids is 2. The summed E-state index contributed by atoms with van der Waals surface area (Å²) in [4.78, 5) is 24.8. The van der Waals surface area contributed by atoms with Gasteiger partial charge in [0.2, 0.25) is 0 Å². The fourth-order valence-electron chi connectivity index (χ4n) is 4.38. The van der Waals surface area contributed by atoms with Gasteiger partial charge in [-0.2, -0.15) is 0 Å². The summed E-state index contributed by atoms with van der Waals surface area (Å²) in [5.41, 5.74) is 5.28. The van der Waals surface area contributed by atoms with Gasteiger partial charge in [-0.25, -0.2) is 4.79 Å². The Kier molecular flexibility index (Phi) is 6.77. The van der Waals surface area contributed by atoms with Gasteiger partial charge in [0.05, 0.1) is 12.0 Å². The van der Waals surface area contributed by atoms with Gasteiger partial charge in [-0.1, -0.05) is 84.0 Å². The predicted octanol–water partition coefficient (Wildman–Crippen LogP) is 6.66. The van der Waals surface area contributed by atoms with E-state index in [1.165, 1.54) is 0 Å². The molecule has 1 aromatic heterocycles. The van der Waals surface area contributed by atoms with Crippen molar-refractivity contribution >= 4 is 17.7 Å². The quantitative estimate of drug-likeness (QED) is 0.274. The fraction of sp³-hybridized carbons (Fsp3) is 0.233. The van der Waals surface area contributed by atoms with Crippen molar-refractivity contribution in [1.82, 2.24) is 5.16 Å². The zero-order valence-corrected chi connectivity index (χ0v) is 20.8. The number of nitrogens with zero attached hydrogens (tertiary/aromatic N) is 1. The van der Waals surface area contributed by atoms with E-state index in [0.29, 0.717) is 23.7 Å². The van der Waals surface area contributed by atoms with Crippen molar-refractivity contribution in [2.24, 2.45) is 0 Å². The molecule has 1 fully saturated rings. The van der Waals surface area contributed by atoms with Gasteiger partial charge in [0, 0.05) is 5.56 Å². The van der Waals surface area contributed by atoms with E-state index in [1.807, 2.05) is 85.8 Å². The Hall–Kier alpha value is -4.39. The molecule has 1 saturated carbocycles. The number of aryl methyl sites for hydroxylation is 1. The van der Waals surface area contributed by atoms with E-state index in [0.717, 1.165) is 40.7 Å². The van der Waals surface area contributed by atoms with E-state index >= 15 is 0 Å². The number of amides is 1. The zero-order chi connectivity index (χ0) is 25.8. The van der Waals surface area contributed by atoms with Crippen molar-refractivity contribution in [3.8, 4) is 22.5 Å². The fourth-order valence-corrected chi connectivity index (χ4v) is 4.38. The maximum atomic E-state index is 12.4. The van der Waals surface area contributed by atoms with Crippen molar-refractivity contribution in [1.29, 1.82) is 0 Å². The van der Waals surface area contributed by atoms with Crippen LogP contribution in [0.1, 0.15) is 36.6 Å². The van der Waals surface area contributed by atoms with E-state index < -0.39 is 11.5 Å². The molecule has 1 amide bonds. The molecule has 0 aliphatic heterocycles. The number of hydrogen-bond donors (Lipinski definition) is 1. The molecule has 1 heterocycles. The third-order valence-electron chi connectivity index (χ3n) is 6.64. The molecule has 0 unspecified atom stereocenters. The van der Waals surface area contributed by atoms with Crippen LogP contribution in [0.5, 0.6) is 0 Å². The highest BCUT2D eigenvalue weighted by molar-refractivity contribution is 5.91. The van der Waals surface area contributed by atoms with E-state index in [9.17, 15) is 9.59 Å². The number of benzene rings is 3. The third kappa shape index (κ3) is 5.11. The summed E-state index contributed by atoms with van der Waals surface area (Å²) in [6, 6.07) is 25.4. The maximum Gasteiger partial charge on any atom is 0.412 e. The highest BCUT2D eigenvalue weighted by Gasteiger charge is 2.52. The molecule has 3 aromatic carbocycles. The van der Waals surface area contributed by atoms with Crippen LogP contribution in [0.3, 0.4) is 0 Å². The molecule has 0 radical (unpaired) electrons. The minimum absolute atomic E-state index is 0.136. The summed E-state index contributed by atoms with van der Waals surface area (Å²) in [7, 11) is 0. The van der Waals surface area contributed by atoms with Crippen LogP contribution in [0, 0.1) is 6.92 Å². The molecule has 0 atom stereocenters. The largest absolute Gasteiger partial charge is 0.465 e. The summed E-state index contributed by atoms with van der Waals surface area (Å²) in [5.74, 6) is 0.323. The average Bonchev–Trinajstić information content (AvgIpc) is 3.67. The Balaban J connectivity index is 1.28. The molecule has 1 aliphatic carbocycles. The van der Waals surface area contributed by atoms with Gasteiger partial charge in [-0.3, -0.25) is 10.1 Å². The predicted molar refractivity (Wildman–Crippen MR) is 140 cm³/mol. The average molecular weight is 497 g/mol. The molecule has 0 spiro atoms. The monoisotopic (exact) mass is 496 g/mol. The van der Waals surface area contributed by atoms with Gasteiger partial charge in [0.15, 0.2) is 5.76 Å². The summed E-state index contributed by atoms with van der Waals surface area (Å²) < 4.78 is 16.1. The molecule has 1 aliphatic rings. The Morgan fingerprint density at radius 1 is 0.892 bits per heavy atom. The van der Waals surface area contributed by atoms with Crippen LogP contribution in [-0.4, -0.2) is 23.8 Å². The van der Waals surface area contributed by atoms with Crippen molar-refractivity contribution in [3.63, 3.8) is 0 Å². The number of esters is 1. The van der Waals surface area contributed by atoms with Crippen LogP contribution in [0.25, 0.3) is 22.5 Å². The number of hydrogen-bond acceptors (Lipinski definition) is 6. The number of ether oxygens (including phenoxy) is 2. The summed E-state index contributed by atoms with van der Waals surface area (Å²) in [6.45, 7) is 4.15. The first-order chi connectivity index (χ1) is 18.0. The lowest BCUT2D eigenvalue weighted by Gasteiger charge is -2.14. The number of nitrogens with one attached hydrogen (secondary N) is 1. The topological polar surface area (TPSA) is 90.7 Å². The molecule has 0 bridgehead atoms. The molecule has 188 valence electrons. The molecule has 7 nitrogen and oxygen atoms in total. The SMILES string of the molecule is CCOC(=O)C1(c2ccc(-c3ccc(-c4onc(C)c4NC(=O)OCc4ccccc4)cc3)cc2)CC1. The minimum atomic E-state index is -0.579. The second-order valence-electron chi connectivity index (χ2n) is 9.12. The van der Waals surface area contributed by atoms with Crippen molar-refractivity contribution in [2.45, 2.75) is 38.7 Å². The molecule has 7 heteroatoms. The molecule has 5 rings (SSSR count). The van der Waals surface area contributed by atoms with E-state index in [1.54, 1.807) is 6.92 Å². The van der Waals surface area contributed by atoms with Crippen molar-refractivity contribution in [3.05, 3.63) is 95.7 Å². The third-order valence-corrected chi connectivity index (χ3v) is 6.64. The highest BCUT2D eigenvalue weighted by atomic mass is 16.5. The maximum absolute atomic E-state index is 12.4. The lowest BCUT2D eigenvalue weighted by molar-refractivity contribution is -0.146. The van der Waals surface area contributed by atoms with Gasteiger partial charge in [0.25, 0.3) is 0 Å². The standard InChI is InChI=1S/C30H28N2O5/c1-3-35-28(33)30(17-18-30)25-15-13-23(14-16-25)22-9-11-24(12-10-22)27-26(20(2)32-37-27)31-29(34)36-19-21-7-5-4-6-8-21/h4-16H,3,17-19H2,1-2H3,(H,31,34). The lowest BCUT2D eigenvalue weighted by Crippen LogP contribution is -2.23. The number of anilines is 1. The van der Waals surface area contributed by atoms with E-state index in [2.05, 4.69) is 10.5 Å². The summed E-state index contributed by atoms with van der Waals surface area (Å²) >= 11 is 0. The van der Waals surface area contributed by atoms with Gasteiger partial charge < -0.3 is 14.0 Å². The van der Waals surface area contributed by atoms with Crippen LogP contribution in [-0.2, 0) is 26.3 Å². The van der Waals surface area contributed by atoms with Gasteiger partial charge >= 0.3 is 12.1 Å². The van der Waals surface area contributed by atoms with Crippen LogP contribution in [0.15, 0.2) is 83.4 Å². The summed E-state index contributed by atoms with van der Waals surface area (Å²) in [5, 5.41) is 6.79.